The van der Waals surface area contributed by atoms with Gasteiger partial charge in [-0.25, -0.2) is 0 Å². The number of aliphatic carboxylic acids is 1. The molecule has 1 saturated heterocycles. The highest BCUT2D eigenvalue weighted by molar-refractivity contribution is 5.99. The van der Waals surface area contributed by atoms with Crippen molar-refractivity contribution in [3.8, 4) is 5.75 Å². The number of benzene rings is 1. The van der Waals surface area contributed by atoms with E-state index in [0.717, 1.165) is 11.4 Å². The number of rotatable bonds is 5. The third kappa shape index (κ3) is 3.29. The molecule has 1 aromatic carbocycles. The number of nitrogens with zero attached hydrogens (tertiary/aromatic N) is 1. The van der Waals surface area contributed by atoms with Crippen molar-refractivity contribution in [3.63, 3.8) is 0 Å². The SMILES string of the molecule is CC(C)COc1ccc(N2C[C@@H](C(=O)O)CC2=O)cc1. The number of hydrogen-bond donors (Lipinski definition) is 1. The smallest absolute Gasteiger partial charge is 0.308 e. The highest BCUT2D eigenvalue weighted by Crippen LogP contribution is 2.27. The van der Waals surface area contributed by atoms with E-state index in [4.69, 9.17) is 9.84 Å². The van der Waals surface area contributed by atoms with Gasteiger partial charge in [0.2, 0.25) is 5.91 Å². The van der Waals surface area contributed by atoms with E-state index in [1.54, 1.807) is 24.3 Å². The molecule has 0 saturated carbocycles. The van der Waals surface area contributed by atoms with Crippen LogP contribution in [0.15, 0.2) is 24.3 Å². The zero-order valence-electron chi connectivity index (χ0n) is 11.7. The molecule has 1 aromatic rings. The Morgan fingerprint density at radius 3 is 2.55 bits per heavy atom. The molecule has 0 unspecified atom stereocenters. The van der Waals surface area contributed by atoms with Crippen LogP contribution in [-0.2, 0) is 9.59 Å². The highest BCUT2D eigenvalue weighted by Gasteiger charge is 2.34. The predicted octanol–water partition coefficient (Wildman–Crippen LogP) is 2.16. The van der Waals surface area contributed by atoms with Crippen LogP contribution in [0.5, 0.6) is 5.75 Å². The summed E-state index contributed by atoms with van der Waals surface area (Å²) < 4.78 is 5.57. The molecule has 1 heterocycles. The van der Waals surface area contributed by atoms with Gasteiger partial charge in [0.1, 0.15) is 5.75 Å². The summed E-state index contributed by atoms with van der Waals surface area (Å²) in [6.07, 6.45) is 0.0704. The van der Waals surface area contributed by atoms with Gasteiger partial charge in [-0.3, -0.25) is 9.59 Å². The average molecular weight is 277 g/mol. The largest absolute Gasteiger partial charge is 0.493 e. The molecule has 5 nitrogen and oxygen atoms in total. The second kappa shape index (κ2) is 5.94. The van der Waals surface area contributed by atoms with Gasteiger partial charge in [-0.15, -0.1) is 0 Å². The van der Waals surface area contributed by atoms with Gasteiger partial charge in [0.25, 0.3) is 0 Å². The first-order valence-corrected chi connectivity index (χ1v) is 6.73. The van der Waals surface area contributed by atoms with E-state index in [-0.39, 0.29) is 18.9 Å². The topological polar surface area (TPSA) is 66.8 Å². The number of anilines is 1. The summed E-state index contributed by atoms with van der Waals surface area (Å²) in [7, 11) is 0. The Morgan fingerprint density at radius 2 is 2.05 bits per heavy atom. The molecule has 0 bridgehead atoms. The van der Waals surface area contributed by atoms with Crippen LogP contribution in [0.4, 0.5) is 5.69 Å². The molecule has 1 atom stereocenters. The zero-order valence-corrected chi connectivity index (χ0v) is 11.7. The standard InChI is InChI=1S/C15H19NO4/c1-10(2)9-20-13-5-3-12(4-6-13)16-8-11(15(18)19)7-14(16)17/h3-6,10-11H,7-9H2,1-2H3,(H,18,19)/t11-/m0/s1. The summed E-state index contributed by atoms with van der Waals surface area (Å²) in [4.78, 5) is 24.3. The van der Waals surface area contributed by atoms with Crippen molar-refractivity contribution in [2.45, 2.75) is 20.3 Å². The Bertz CT molecular complexity index is 495. The van der Waals surface area contributed by atoms with Gasteiger partial charge >= 0.3 is 5.97 Å². The molecular weight excluding hydrogens is 258 g/mol. The van der Waals surface area contributed by atoms with Gasteiger partial charge in [-0.05, 0) is 30.2 Å². The molecule has 2 rings (SSSR count). The van der Waals surface area contributed by atoms with Gasteiger partial charge in [0.15, 0.2) is 0 Å². The summed E-state index contributed by atoms with van der Waals surface area (Å²) in [6.45, 7) is 5.02. The van der Waals surface area contributed by atoms with Gasteiger partial charge in [-0.1, -0.05) is 13.8 Å². The minimum atomic E-state index is -0.919. The van der Waals surface area contributed by atoms with E-state index in [9.17, 15) is 9.59 Å². The Labute approximate surface area is 118 Å². The fourth-order valence-corrected chi connectivity index (χ4v) is 2.11. The third-order valence-corrected chi connectivity index (χ3v) is 3.21. The number of carboxylic acid groups (broad SMARTS) is 1. The van der Waals surface area contributed by atoms with E-state index in [0.29, 0.717) is 12.5 Å². The Kier molecular flexibility index (Phi) is 4.27. The van der Waals surface area contributed by atoms with E-state index < -0.39 is 11.9 Å². The van der Waals surface area contributed by atoms with Crippen LogP contribution in [0.25, 0.3) is 0 Å². The van der Waals surface area contributed by atoms with Crippen molar-refractivity contribution in [1.82, 2.24) is 0 Å². The Hall–Kier alpha value is -2.04. The minimum absolute atomic E-state index is 0.0704. The second-order valence-corrected chi connectivity index (χ2v) is 5.44. The van der Waals surface area contributed by atoms with Gasteiger partial charge in [0.05, 0.1) is 12.5 Å². The van der Waals surface area contributed by atoms with Crippen molar-refractivity contribution in [3.05, 3.63) is 24.3 Å². The van der Waals surface area contributed by atoms with Crippen LogP contribution >= 0.6 is 0 Å². The lowest BCUT2D eigenvalue weighted by molar-refractivity contribution is -0.141. The number of carboxylic acids is 1. The lowest BCUT2D eigenvalue weighted by Crippen LogP contribution is -2.25. The van der Waals surface area contributed by atoms with E-state index in [1.165, 1.54) is 4.90 Å². The van der Waals surface area contributed by atoms with Crippen molar-refractivity contribution >= 4 is 17.6 Å². The maximum atomic E-state index is 11.8. The Balaban J connectivity index is 2.03. The molecule has 5 heteroatoms. The molecule has 0 spiro atoms. The lowest BCUT2D eigenvalue weighted by Gasteiger charge is -2.17. The zero-order chi connectivity index (χ0) is 14.7. The average Bonchev–Trinajstić information content (AvgIpc) is 2.79. The molecule has 0 aliphatic carbocycles. The molecule has 108 valence electrons. The number of hydrogen-bond acceptors (Lipinski definition) is 3. The predicted molar refractivity (Wildman–Crippen MR) is 74.9 cm³/mol. The maximum absolute atomic E-state index is 11.8. The highest BCUT2D eigenvalue weighted by atomic mass is 16.5. The summed E-state index contributed by atoms with van der Waals surface area (Å²) in [6, 6.07) is 7.19. The van der Waals surface area contributed by atoms with E-state index in [1.807, 2.05) is 0 Å². The molecule has 1 aliphatic rings. The van der Waals surface area contributed by atoms with Crippen molar-refractivity contribution in [2.24, 2.45) is 11.8 Å². The summed E-state index contributed by atoms with van der Waals surface area (Å²) in [5.74, 6) is -0.472. The van der Waals surface area contributed by atoms with Gasteiger partial charge < -0.3 is 14.7 Å². The van der Waals surface area contributed by atoms with Crippen LogP contribution in [0.1, 0.15) is 20.3 Å². The van der Waals surface area contributed by atoms with Crippen molar-refractivity contribution in [2.75, 3.05) is 18.1 Å². The normalized spacial score (nSPS) is 18.6. The number of amides is 1. The molecule has 0 radical (unpaired) electrons. The fraction of sp³-hybridized carbons (Fsp3) is 0.467. The molecular formula is C15H19NO4. The molecule has 0 aromatic heterocycles. The van der Waals surface area contributed by atoms with Crippen LogP contribution in [0, 0.1) is 11.8 Å². The lowest BCUT2D eigenvalue weighted by atomic mass is 10.1. The fourth-order valence-electron chi connectivity index (χ4n) is 2.11. The molecule has 1 aliphatic heterocycles. The summed E-state index contributed by atoms with van der Waals surface area (Å²) >= 11 is 0. The first kappa shape index (κ1) is 14.4. The quantitative estimate of drug-likeness (QED) is 0.895. The number of carbonyl (C=O) groups is 2. The van der Waals surface area contributed by atoms with Crippen LogP contribution < -0.4 is 9.64 Å². The molecule has 20 heavy (non-hydrogen) atoms. The van der Waals surface area contributed by atoms with Crippen LogP contribution in [0.3, 0.4) is 0 Å². The van der Waals surface area contributed by atoms with Gasteiger partial charge in [-0.2, -0.15) is 0 Å². The number of ether oxygens (including phenoxy) is 1. The van der Waals surface area contributed by atoms with Gasteiger partial charge in [0, 0.05) is 18.7 Å². The van der Waals surface area contributed by atoms with E-state index in [2.05, 4.69) is 13.8 Å². The minimum Gasteiger partial charge on any atom is -0.493 e. The third-order valence-electron chi connectivity index (χ3n) is 3.21. The molecule has 1 N–H and O–H groups in total. The van der Waals surface area contributed by atoms with Crippen LogP contribution in [-0.4, -0.2) is 30.1 Å². The van der Waals surface area contributed by atoms with Crippen LogP contribution in [0.2, 0.25) is 0 Å². The summed E-state index contributed by atoms with van der Waals surface area (Å²) in [5, 5.41) is 8.96. The van der Waals surface area contributed by atoms with Crippen molar-refractivity contribution < 1.29 is 19.4 Å². The maximum Gasteiger partial charge on any atom is 0.308 e. The van der Waals surface area contributed by atoms with Crippen molar-refractivity contribution in [1.29, 1.82) is 0 Å². The van der Waals surface area contributed by atoms with E-state index >= 15 is 0 Å². The first-order chi connectivity index (χ1) is 9.47. The first-order valence-electron chi connectivity index (χ1n) is 6.73. The monoisotopic (exact) mass is 277 g/mol. The number of carbonyl (C=O) groups excluding carboxylic acids is 1. The Morgan fingerprint density at radius 1 is 1.40 bits per heavy atom. The second-order valence-electron chi connectivity index (χ2n) is 5.44. The molecule has 1 fully saturated rings. The summed E-state index contributed by atoms with van der Waals surface area (Å²) in [5.41, 5.74) is 0.718. The molecule has 1 amide bonds.